The summed E-state index contributed by atoms with van der Waals surface area (Å²) in [5.74, 6) is 1.05. The molecule has 2 heterocycles. The van der Waals surface area contributed by atoms with Gasteiger partial charge in [0.15, 0.2) is 5.16 Å². The Labute approximate surface area is 198 Å². The Morgan fingerprint density at radius 1 is 1.09 bits per heavy atom. The molecule has 10 nitrogen and oxygen atoms in total. The highest BCUT2D eigenvalue weighted by molar-refractivity contribution is 7.99. The Morgan fingerprint density at radius 3 is 2.68 bits per heavy atom. The number of para-hydroxylation sites is 1. The number of methoxy groups -OCH3 is 1. The number of hydrogen-bond donors (Lipinski definition) is 3. The first-order chi connectivity index (χ1) is 16.4. The first kappa shape index (κ1) is 23.1. The Morgan fingerprint density at radius 2 is 1.91 bits per heavy atom. The third-order valence-electron chi connectivity index (χ3n) is 4.93. The van der Waals surface area contributed by atoms with Crippen LogP contribution in [0.1, 0.15) is 17.1 Å². The van der Waals surface area contributed by atoms with E-state index in [1.54, 1.807) is 11.7 Å². The summed E-state index contributed by atoms with van der Waals surface area (Å²) in [6.07, 6.45) is 0.152. The highest BCUT2D eigenvalue weighted by Crippen LogP contribution is 2.26. The molecule has 0 aliphatic rings. The fourth-order valence-electron chi connectivity index (χ4n) is 3.33. The van der Waals surface area contributed by atoms with Crippen LogP contribution in [0.5, 0.6) is 5.75 Å². The van der Waals surface area contributed by atoms with Gasteiger partial charge < -0.3 is 15.0 Å². The zero-order valence-electron chi connectivity index (χ0n) is 18.5. The maximum absolute atomic E-state index is 12.6. The SMILES string of the molecule is COc1cccc(-n2c(Cc3cc(=O)[nH]c(=O)[nH]3)nnc2SCC(=O)Nc2ccccc2C)c1. The summed E-state index contributed by atoms with van der Waals surface area (Å²) in [6, 6.07) is 16.1. The van der Waals surface area contributed by atoms with Gasteiger partial charge in [-0.3, -0.25) is 19.1 Å². The molecule has 0 aliphatic carbocycles. The van der Waals surface area contributed by atoms with Gasteiger partial charge in [-0.25, -0.2) is 4.79 Å². The standard InChI is InChI=1S/C23H22N6O4S/c1-14-6-3-4-9-18(14)25-21(31)13-34-23-28-27-19(10-15-11-20(30)26-22(32)24-15)29(23)16-7-5-8-17(12-16)33-2/h3-9,11-12H,10,13H2,1-2H3,(H,25,31)(H2,24,26,30,32). The van der Waals surface area contributed by atoms with Crippen LogP contribution in [0.4, 0.5) is 5.69 Å². The largest absolute Gasteiger partial charge is 0.497 e. The molecule has 0 fully saturated rings. The van der Waals surface area contributed by atoms with E-state index in [0.29, 0.717) is 28.1 Å². The van der Waals surface area contributed by atoms with Gasteiger partial charge in [-0.05, 0) is 30.7 Å². The number of aromatic amines is 2. The molecule has 0 saturated carbocycles. The normalized spacial score (nSPS) is 10.8. The Hall–Kier alpha value is -4.12. The van der Waals surface area contributed by atoms with E-state index < -0.39 is 11.2 Å². The van der Waals surface area contributed by atoms with E-state index >= 15 is 0 Å². The van der Waals surface area contributed by atoms with Gasteiger partial charge in [0.25, 0.3) is 5.56 Å². The second kappa shape index (κ2) is 10.2. The van der Waals surface area contributed by atoms with Gasteiger partial charge in [-0.15, -0.1) is 10.2 Å². The van der Waals surface area contributed by atoms with Crippen molar-refractivity contribution in [3.8, 4) is 11.4 Å². The molecular weight excluding hydrogens is 456 g/mol. The van der Waals surface area contributed by atoms with Gasteiger partial charge in [0.2, 0.25) is 5.91 Å². The molecule has 0 spiro atoms. The van der Waals surface area contributed by atoms with E-state index in [4.69, 9.17) is 4.74 Å². The summed E-state index contributed by atoms with van der Waals surface area (Å²) in [4.78, 5) is 40.7. The monoisotopic (exact) mass is 478 g/mol. The zero-order valence-corrected chi connectivity index (χ0v) is 19.3. The lowest BCUT2D eigenvalue weighted by Gasteiger charge is -2.12. The molecule has 2 aromatic carbocycles. The number of amides is 1. The minimum absolute atomic E-state index is 0.109. The predicted molar refractivity (Wildman–Crippen MR) is 129 cm³/mol. The second-order valence-electron chi connectivity index (χ2n) is 7.38. The number of carbonyl (C=O) groups excluding carboxylic acids is 1. The molecule has 2 aromatic heterocycles. The molecule has 3 N–H and O–H groups in total. The number of ether oxygens (including phenoxy) is 1. The van der Waals surface area contributed by atoms with Crippen LogP contribution in [-0.4, -0.2) is 43.5 Å². The van der Waals surface area contributed by atoms with Crippen molar-refractivity contribution in [1.82, 2.24) is 24.7 Å². The molecular formula is C23H22N6O4S. The lowest BCUT2D eigenvalue weighted by molar-refractivity contribution is -0.113. The molecule has 174 valence electrons. The molecule has 0 radical (unpaired) electrons. The molecule has 0 aliphatic heterocycles. The maximum atomic E-state index is 12.6. The van der Waals surface area contributed by atoms with Gasteiger partial charge >= 0.3 is 5.69 Å². The van der Waals surface area contributed by atoms with Crippen molar-refractivity contribution < 1.29 is 9.53 Å². The summed E-state index contributed by atoms with van der Waals surface area (Å²) >= 11 is 1.22. The van der Waals surface area contributed by atoms with E-state index in [1.165, 1.54) is 17.8 Å². The number of aryl methyl sites for hydroxylation is 1. The van der Waals surface area contributed by atoms with E-state index in [1.807, 2.05) is 55.5 Å². The van der Waals surface area contributed by atoms with Crippen LogP contribution in [-0.2, 0) is 11.2 Å². The molecule has 0 atom stereocenters. The Balaban J connectivity index is 1.62. The number of carbonyl (C=O) groups is 1. The number of anilines is 1. The van der Waals surface area contributed by atoms with Gasteiger partial charge in [-0.2, -0.15) is 0 Å². The van der Waals surface area contributed by atoms with Crippen molar-refractivity contribution in [2.24, 2.45) is 0 Å². The molecule has 11 heteroatoms. The summed E-state index contributed by atoms with van der Waals surface area (Å²) in [7, 11) is 1.57. The van der Waals surface area contributed by atoms with Gasteiger partial charge in [-0.1, -0.05) is 36.0 Å². The first-order valence-electron chi connectivity index (χ1n) is 10.3. The number of thioether (sulfide) groups is 1. The first-order valence-corrected chi connectivity index (χ1v) is 11.3. The summed E-state index contributed by atoms with van der Waals surface area (Å²) < 4.78 is 7.11. The molecule has 0 unspecified atom stereocenters. The molecule has 4 aromatic rings. The summed E-state index contributed by atoms with van der Waals surface area (Å²) in [5, 5.41) is 11.9. The average molecular weight is 479 g/mol. The van der Waals surface area contributed by atoms with Crippen LogP contribution in [0.2, 0.25) is 0 Å². The predicted octanol–water partition coefficient (Wildman–Crippen LogP) is 2.28. The molecule has 0 bridgehead atoms. The van der Waals surface area contributed by atoms with Crippen LogP contribution in [0, 0.1) is 6.92 Å². The summed E-state index contributed by atoms with van der Waals surface area (Å²) in [5.41, 5.74) is 1.72. The number of H-pyrrole nitrogens is 2. The third-order valence-corrected chi connectivity index (χ3v) is 5.86. The quantitative estimate of drug-likeness (QED) is 0.331. The number of nitrogens with zero attached hydrogens (tertiary/aromatic N) is 3. The fraction of sp³-hybridized carbons (Fsp3) is 0.174. The lowest BCUT2D eigenvalue weighted by Crippen LogP contribution is -2.23. The highest BCUT2D eigenvalue weighted by Gasteiger charge is 2.18. The van der Waals surface area contributed by atoms with Crippen LogP contribution >= 0.6 is 11.8 Å². The average Bonchev–Trinajstić information content (AvgIpc) is 3.21. The maximum Gasteiger partial charge on any atom is 0.325 e. The Bertz CT molecular complexity index is 1410. The van der Waals surface area contributed by atoms with Crippen molar-refractivity contribution in [2.45, 2.75) is 18.5 Å². The molecule has 4 rings (SSSR count). The number of hydrogen-bond acceptors (Lipinski definition) is 7. The van der Waals surface area contributed by atoms with Crippen LogP contribution in [0.25, 0.3) is 5.69 Å². The minimum Gasteiger partial charge on any atom is -0.497 e. The van der Waals surface area contributed by atoms with Gasteiger partial charge in [0.1, 0.15) is 11.6 Å². The minimum atomic E-state index is -0.600. The van der Waals surface area contributed by atoms with Crippen LogP contribution < -0.4 is 21.3 Å². The van der Waals surface area contributed by atoms with Crippen molar-refractivity contribution in [2.75, 3.05) is 18.2 Å². The van der Waals surface area contributed by atoms with E-state index in [-0.39, 0.29) is 18.1 Å². The highest BCUT2D eigenvalue weighted by atomic mass is 32.2. The smallest absolute Gasteiger partial charge is 0.325 e. The van der Waals surface area contributed by atoms with Crippen molar-refractivity contribution in [3.05, 3.63) is 92.5 Å². The van der Waals surface area contributed by atoms with E-state index in [9.17, 15) is 14.4 Å². The molecule has 1 amide bonds. The van der Waals surface area contributed by atoms with Gasteiger partial charge in [0.05, 0.1) is 18.6 Å². The van der Waals surface area contributed by atoms with Crippen molar-refractivity contribution >= 4 is 23.4 Å². The van der Waals surface area contributed by atoms with Crippen molar-refractivity contribution in [1.29, 1.82) is 0 Å². The second-order valence-corrected chi connectivity index (χ2v) is 8.32. The fourth-order valence-corrected chi connectivity index (χ4v) is 4.10. The number of rotatable bonds is 8. The van der Waals surface area contributed by atoms with Crippen LogP contribution in [0.15, 0.2) is 69.3 Å². The van der Waals surface area contributed by atoms with Crippen molar-refractivity contribution in [3.63, 3.8) is 0 Å². The topological polar surface area (TPSA) is 135 Å². The van der Waals surface area contributed by atoms with E-state index in [2.05, 4.69) is 25.5 Å². The van der Waals surface area contributed by atoms with Gasteiger partial charge in [0, 0.05) is 29.9 Å². The molecule has 0 saturated heterocycles. The number of benzene rings is 2. The number of nitrogens with one attached hydrogen (secondary N) is 3. The Kier molecular flexibility index (Phi) is 6.93. The number of aromatic nitrogens is 5. The molecule has 34 heavy (non-hydrogen) atoms. The lowest BCUT2D eigenvalue weighted by atomic mass is 10.2. The third kappa shape index (κ3) is 5.44. The van der Waals surface area contributed by atoms with E-state index in [0.717, 1.165) is 11.3 Å². The zero-order chi connectivity index (χ0) is 24.1. The van der Waals surface area contributed by atoms with Crippen LogP contribution in [0.3, 0.4) is 0 Å². The summed E-state index contributed by atoms with van der Waals surface area (Å²) in [6.45, 7) is 1.92.